The molecule has 0 aliphatic rings. The molecule has 0 saturated carbocycles. The first-order chi connectivity index (χ1) is 10.0. The van der Waals surface area contributed by atoms with Crippen molar-refractivity contribution in [3.63, 3.8) is 0 Å². The largest absolute Gasteiger partial charge is 0.479 e. The fraction of sp³-hybridized carbons (Fsp3) is 0.467. The van der Waals surface area contributed by atoms with Gasteiger partial charge < -0.3 is 20.8 Å². The molecule has 6 heteroatoms. The lowest BCUT2D eigenvalue weighted by Gasteiger charge is -2.09. The van der Waals surface area contributed by atoms with E-state index in [0.29, 0.717) is 5.69 Å². The number of amides is 2. The van der Waals surface area contributed by atoms with E-state index in [9.17, 15) is 9.59 Å². The topological polar surface area (TPSA) is 98.7 Å². The molecule has 0 radical (unpaired) electrons. The van der Waals surface area contributed by atoms with Crippen molar-refractivity contribution < 1.29 is 19.8 Å². The Morgan fingerprint density at radius 1 is 1.24 bits per heavy atom. The molecule has 1 atom stereocenters. The number of urea groups is 1. The van der Waals surface area contributed by atoms with E-state index in [1.54, 1.807) is 0 Å². The molecule has 0 aliphatic heterocycles. The van der Waals surface area contributed by atoms with Gasteiger partial charge in [0.2, 0.25) is 0 Å². The predicted molar refractivity (Wildman–Crippen MR) is 80.3 cm³/mol. The van der Waals surface area contributed by atoms with Crippen molar-refractivity contribution in [1.82, 2.24) is 5.32 Å². The van der Waals surface area contributed by atoms with Crippen LogP contribution in [0.4, 0.5) is 10.5 Å². The van der Waals surface area contributed by atoms with Gasteiger partial charge in [0.1, 0.15) is 0 Å². The second kappa shape index (κ2) is 8.97. The van der Waals surface area contributed by atoms with Gasteiger partial charge in [0.05, 0.1) is 0 Å². The Labute approximate surface area is 124 Å². The number of carbonyl (C=O) groups excluding carboxylic acids is 1. The molecule has 1 aromatic rings. The molecule has 4 N–H and O–H groups in total. The number of nitrogens with one attached hydrogen (secondary N) is 2. The first-order valence-electron chi connectivity index (χ1n) is 7.07. The minimum atomic E-state index is -1.46. The molecular weight excluding hydrogens is 272 g/mol. The van der Waals surface area contributed by atoms with Gasteiger partial charge in [0.25, 0.3) is 0 Å². The number of hydrogen-bond acceptors (Lipinski definition) is 3. The normalized spacial score (nSPS) is 11.7. The summed E-state index contributed by atoms with van der Waals surface area (Å²) in [4.78, 5) is 22.0. The quantitative estimate of drug-likeness (QED) is 0.589. The molecule has 1 aromatic carbocycles. The van der Waals surface area contributed by atoms with Crippen molar-refractivity contribution in [3.05, 3.63) is 29.8 Å². The van der Waals surface area contributed by atoms with E-state index in [0.717, 1.165) is 19.3 Å². The minimum absolute atomic E-state index is 0.0291. The number of aliphatic hydroxyl groups is 1. The van der Waals surface area contributed by atoms with Gasteiger partial charge in [-0.3, -0.25) is 0 Å². The lowest BCUT2D eigenvalue weighted by atomic mass is 10.1. The van der Waals surface area contributed by atoms with E-state index < -0.39 is 18.1 Å². The molecule has 116 valence electrons. The third-order valence-corrected chi connectivity index (χ3v) is 3.02. The Morgan fingerprint density at radius 2 is 1.90 bits per heavy atom. The third kappa shape index (κ3) is 6.76. The number of aliphatic carboxylic acids is 1. The number of carboxylic acids is 1. The number of unbranched alkanes of at least 4 members (excludes halogenated alkanes) is 1. The maximum atomic E-state index is 11.6. The molecule has 0 spiro atoms. The van der Waals surface area contributed by atoms with Gasteiger partial charge in [-0.2, -0.15) is 0 Å². The monoisotopic (exact) mass is 294 g/mol. The zero-order valence-corrected chi connectivity index (χ0v) is 12.1. The zero-order chi connectivity index (χ0) is 15.7. The van der Waals surface area contributed by atoms with Crippen LogP contribution in [-0.2, 0) is 11.2 Å². The maximum Gasteiger partial charge on any atom is 0.332 e. The van der Waals surface area contributed by atoms with E-state index in [1.807, 2.05) is 24.3 Å². The minimum Gasteiger partial charge on any atom is -0.479 e. The molecule has 2 amide bonds. The Morgan fingerprint density at radius 3 is 2.48 bits per heavy atom. The van der Waals surface area contributed by atoms with Crippen molar-refractivity contribution in [2.75, 3.05) is 11.9 Å². The highest BCUT2D eigenvalue weighted by atomic mass is 16.4. The smallest absolute Gasteiger partial charge is 0.332 e. The van der Waals surface area contributed by atoms with Crippen molar-refractivity contribution in [2.45, 2.75) is 38.7 Å². The van der Waals surface area contributed by atoms with E-state index in [-0.39, 0.29) is 13.0 Å². The van der Waals surface area contributed by atoms with Gasteiger partial charge in [-0.1, -0.05) is 25.5 Å². The van der Waals surface area contributed by atoms with Crippen LogP contribution in [0.1, 0.15) is 31.7 Å². The Balaban J connectivity index is 2.32. The summed E-state index contributed by atoms with van der Waals surface area (Å²) in [5.41, 5.74) is 1.90. The second-order valence-electron chi connectivity index (χ2n) is 4.82. The van der Waals surface area contributed by atoms with Crippen LogP contribution in [0.3, 0.4) is 0 Å². The summed E-state index contributed by atoms with van der Waals surface area (Å²) in [6.45, 7) is 2.23. The van der Waals surface area contributed by atoms with Crippen LogP contribution in [0.25, 0.3) is 0 Å². The number of aliphatic hydroxyl groups excluding tert-OH is 1. The first-order valence-corrected chi connectivity index (χ1v) is 7.07. The van der Waals surface area contributed by atoms with Crippen LogP contribution < -0.4 is 10.6 Å². The number of benzene rings is 1. The van der Waals surface area contributed by atoms with Crippen molar-refractivity contribution >= 4 is 17.7 Å². The Kier molecular flexibility index (Phi) is 7.25. The Hall–Kier alpha value is -2.08. The van der Waals surface area contributed by atoms with Gasteiger partial charge >= 0.3 is 12.0 Å². The third-order valence-electron chi connectivity index (χ3n) is 3.02. The summed E-state index contributed by atoms with van der Waals surface area (Å²) in [7, 11) is 0. The van der Waals surface area contributed by atoms with Gasteiger partial charge in [-0.15, -0.1) is 0 Å². The highest BCUT2D eigenvalue weighted by Gasteiger charge is 2.12. The van der Waals surface area contributed by atoms with Crippen LogP contribution >= 0.6 is 0 Å². The fourth-order valence-corrected chi connectivity index (χ4v) is 1.76. The molecule has 0 heterocycles. The van der Waals surface area contributed by atoms with Gasteiger partial charge in [-0.05, 0) is 30.5 Å². The standard InChI is InChI=1S/C15H22N2O4/c1-2-3-4-11-5-7-12(8-6-11)17-15(21)16-10-9-13(18)14(19)20/h5-8,13,18H,2-4,9-10H2,1H3,(H,19,20)(H2,16,17,21). The molecule has 0 fully saturated rings. The van der Waals surface area contributed by atoms with Gasteiger partial charge in [0, 0.05) is 18.7 Å². The zero-order valence-electron chi connectivity index (χ0n) is 12.1. The van der Waals surface area contributed by atoms with Crippen LogP contribution in [0.5, 0.6) is 0 Å². The number of hydrogen-bond donors (Lipinski definition) is 4. The van der Waals surface area contributed by atoms with Crippen molar-refractivity contribution in [1.29, 1.82) is 0 Å². The van der Waals surface area contributed by atoms with Crippen LogP contribution in [0.15, 0.2) is 24.3 Å². The van der Waals surface area contributed by atoms with Crippen LogP contribution in [-0.4, -0.2) is 34.9 Å². The number of carbonyl (C=O) groups is 2. The Bertz CT molecular complexity index is 459. The molecule has 0 aliphatic carbocycles. The fourth-order valence-electron chi connectivity index (χ4n) is 1.76. The number of rotatable bonds is 8. The number of aryl methyl sites for hydroxylation is 1. The van der Waals surface area contributed by atoms with Crippen LogP contribution in [0, 0.1) is 0 Å². The molecule has 6 nitrogen and oxygen atoms in total. The summed E-state index contributed by atoms with van der Waals surface area (Å²) in [5.74, 6) is -1.29. The molecular formula is C15H22N2O4. The summed E-state index contributed by atoms with van der Waals surface area (Å²) >= 11 is 0. The number of carboxylic acid groups (broad SMARTS) is 1. The lowest BCUT2D eigenvalue weighted by molar-refractivity contribution is -0.146. The lowest BCUT2D eigenvalue weighted by Crippen LogP contribution is -2.33. The highest BCUT2D eigenvalue weighted by molar-refractivity contribution is 5.89. The molecule has 1 unspecified atom stereocenters. The summed E-state index contributed by atoms with van der Waals surface area (Å²) < 4.78 is 0. The SMILES string of the molecule is CCCCc1ccc(NC(=O)NCCC(O)C(=O)O)cc1. The summed E-state index contributed by atoms with van der Waals surface area (Å²) in [6, 6.07) is 7.18. The summed E-state index contributed by atoms with van der Waals surface area (Å²) in [5, 5.41) is 22.7. The molecule has 0 saturated heterocycles. The number of anilines is 1. The van der Waals surface area contributed by atoms with E-state index in [2.05, 4.69) is 17.6 Å². The first kappa shape index (κ1) is 17.0. The van der Waals surface area contributed by atoms with Crippen LogP contribution in [0.2, 0.25) is 0 Å². The van der Waals surface area contributed by atoms with E-state index in [4.69, 9.17) is 10.2 Å². The predicted octanol–water partition coefficient (Wildman–Crippen LogP) is 1.99. The maximum absolute atomic E-state index is 11.6. The van der Waals surface area contributed by atoms with Gasteiger partial charge in [-0.25, -0.2) is 9.59 Å². The molecule has 1 rings (SSSR count). The molecule has 0 aromatic heterocycles. The molecule has 0 bridgehead atoms. The van der Waals surface area contributed by atoms with Crippen molar-refractivity contribution in [2.24, 2.45) is 0 Å². The van der Waals surface area contributed by atoms with E-state index >= 15 is 0 Å². The second-order valence-corrected chi connectivity index (χ2v) is 4.82. The highest BCUT2D eigenvalue weighted by Crippen LogP contribution is 2.11. The van der Waals surface area contributed by atoms with E-state index in [1.165, 1.54) is 5.56 Å². The average molecular weight is 294 g/mol. The van der Waals surface area contributed by atoms with Crippen molar-refractivity contribution in [3.8, 4) is 0 Å². The van der Waals surface area contributed by atoms with Gasteiger partial charge in [0.15, 0.2) is 6.10 Å². The molecule has 21 heavy (non-hydrogen) atoms. The average Bonchev–Trinajstić information content (AvgIpc) is 2.46. The summed E-state index contributed by atoms with van der Waals surface area (Å²) in [6.07, 6.45) is 1.82.